The number of aryl methyl sites for hydroxylation is 2. The van der Waals surface area contributed by atoms with Crippen LogP contribution in [0.25, 0.3) is 11.0 Å². The molecule has 7 nitrogen and oxygen atoms in total. The Balaban J connectivity index is 1.49. The van der Waals surface area contributed by atoms with Crippen LogP contribution in [0.5, 0.6) is 0 Å². The Morgan fingerprint density at radius 3 is 2.88 bits per heavy atom. The molecule has 2 heterocycles. The Kier molecular flexibility index (Phi) is 3.83. The molecular formula is C18H20N6O. The van der Waals surface area contributed by atoms with Crippen LogP contribution in [0.15, 0.2) is 36.5 Å². The lowest BCUT2D eigenvalue weighted by molar-refractivity contribution is 0.246. The van der Waals surface area contributed by atoms with Crippen molar-refractivity contribution in [3.63, 3.8) is 0 Å². The van der Waals surface area contributed by atoms with Crippen LogP contribution in [0.3, 0.4) is 0 Å². The van der Waals surface area contributed by atoms with E-state index >= 15 is 0 Å². The van der Waals surface area contributed by atoms with E-state index in [4.69, 9.17) is 0 Å². The number of anilines is 1. The molecule has 3 aromatic rings. The van der Waals surface area contributed by atoms with Gasteiger partial charge in [0, 0.05) is 18.9 Å². The van der Waals surface area contributed by atoms with Gasteiger partial charge in [0.25, 0.3) is 0 Å². The molecule has 0 bridgehead atoms. The van der Waals surface area contributed by atoms with Crippen molar-refractivity contribution in [2.75, 3.05) is 5.32 Å². The van der Waals surface area contributed by atoms with Crippen LogP contribution in [-0.4, -0.2) is 26.0 Å². The predicted octanol–water partition coefficient (Wildman–Crippen LogP) is 2.94. The molecule has 1 atom stereocenters. The molecule has 1 saturated carbocycles. The van der Waals surface area contributed by atoms with E-state index < -0.39 is 0 Å². The van der Waals surface area contributed by atoms with Crippen molar-refractivity contribution in [2.24, 2.45) is 13.0 Å². The zero-order chi connectivity index (χ0) is 17.4. The molecule has 0 spiro atoms. The maximum Gasteiger partial charge on any atom is 0.319 e. The average Bonchev–Trinajstić information content (AvgIpc) is 3.37. The van der Waals surface area contributed by atoms with E-state index in [0.29, 0.717) is 11.6 Å². The topological polar surface area (TPSA) is 84.7 Å². The second kappa shape index (κ2) is 6.16. The van der Waals surface area contributed by atoms with Crippen LogP contribution >= 0.6 is 0 Å². The number of aromatic nitrogens is 4. The Labute approximate surface area is 145 Å². The van der Waals surface area contributed by atoms with E-state index in [9.17, 15) is 4.79 Å². The normalized spacial score (nSPS) is 15.1. The Hall–Kier alpha value is -2.96. The molecule has 1 aliphatic rings. The van der Waals surface area contributed by atoms with Gasteiger partial charge in [-0.05, 0) is 61.6 Å². The third kappa shape index (κ3) is 3.31. The first-order valence-corrected chi connectivity index (χ1v) is 8.39. The Morgan fingerprint density at radius 1 is 1.28 bits per heavy atom. The molecule has 7 heteroatoms. The van der Waals surface area contributed by atoms with Crippen LogP contribution in [0.4, 0.5) is 10.5 Å². The van der Waals surface area contributed by atoms with Gasteiger partial charge in [0.2, 0.25) is 0 Å². The van der Waals surface area contributed by atoms with Crippen LogP contribution in [-0.2, 0) is 7.05 Å². The van der Waals surface area contributed by atoms with Crippen molar-refractivity contribution in [1.29, 1.82) is 0 Å². The van der Waals surface area contributed by atoms with Crippen molar-refractivity contribution < 1.29 is 4.79 Å². The highest BCUT2D eigenvalue weighted by atomic mass is 16.2. The number of urea groups is 1. The Morgan fingerprint density at radius 2 is 2.12 bits per heavy atom. The second-order valence-electron chi connectivity index (χ2n) is 6.59. The third-order valence-electron chi connectivity index (χ3n) is 4.50. The number of fused-ring (bicyclic) bond motifs is 1. The van der Waals surface area contributed by atoms with Gasteiger partial charge in [-0.2, -0.15) is 0 Å². The summed E-state index contributed by atoms with van der Waals surface area (Å²) in [7, 11) is 1.84. The van der Waals surface area contributed by atoms with Gasteiger partial charge in [0.1, 0.15) is 5.52 Å². The molecule has 0 aliphatic heterocycles. The fourth-order valence-electron chi connectivity index (χ4n) is 3.02. The van der Waals surface area contributed by atoms with Gasteiger partial charge >= 0.3 is 6.03 Å². The summed E-state index contributed by atoms with van der Waals surface area (Å²) in [4.78, 5) is 16.9. The molecule has 0 radical (unpaired) electrons. The summed E-state index contributed by atoms with van der Waals surface area (Å²) in [6.45, 7) is 2.03. The first kappa shape index (κ1) is 15.6. The van der Waals surface area contributed by atoms with E-state index in [2.05, 4.69) is 25.9 Å². The van der Waals surface area contributed by atoms with Crippen LogP contribution < -0.4 is 10.6 Å². The summed E-state index contributed by atoms with van der Waals surface area (Å²) < 4.78 is 1.70. The molecule has 1 aliphatic carbocycles. The standard InChI is InChI=1S/C18H20N6O/c1-11-7-8-19-15(9-11)17(12-3-4-12)21-18(25)20-13-5-6-16-14(10-13)22-23-24(16)2/h5-10,12,17H,3-4H2,1-2H3,(H2,20,21,25)/t17-/m0/s1. The Bertz CT molecular complexity index is 930. The average molecular weight is 336 g/mol. The lowest BCUT2D eigenvalue weighted by Crippen LogP contribution is -2.34. The van der Waals surface area contributed by atoms with E-state index in [1.54, 1.807) is 10.9 Å². The predicted molar refractivity (Wildman–Crippen MR) is 95.1 cm³/mol. The fourth-order valence-corrected chi connectivity index (χ4v) is 3.02. The maximum atomic E-state index is 12.5. The molecule has 0 unspecified atom stereocenters. The number of carbonyl (C=O) groups excluding carboxylic acids is 1. The van der Waals surface area contributed by atoms with Crippen molar-refractivity contribution in [2.45, 2.75) is 25.8 Å². The molecule has 4 rings (SSSR count). The summed E-state index contributed by atoms with van der Waals surface area (Å²) in [5.74, 6) is 0.461. The number of carbonyl (C=O) groups is 1. The zero-order valence-corrected chi connectivity index (χ0v) is 14.2. The number of nitrogens with one attached hydrogen (secondary N) is 2. The van der Waals surface area contributed by atoms with E-state index in [1.165, 1.54) is 0 Å². The number of hydrogen-bond acceptors (Lipinski definition) is 4. The molecule has 25 heavy (non-hydrogen) atoms. The number of rotatable bonds is 4. The van der Waals surface area contributed by atoms with E-state index in [-0.39, 0.29) is 12.1 Å². The minimum atomic E-state index is -0.233. The summed E-state index contributed by atoms with van der Waals surface area (Å²) in [6.07, 6.45) is 4.03. The lowest BCUT2D eigenvalue weighted by atomic mass is 10.1. The van der Waals surface area contributed by atoms with E-state index in [1.807, 2.05) is 44.3 Å². The van der Waals surface area contributed by atoms with Crippen LogP contribution in [0.1, 0.15) is 30.1 Å². The lowest BCUT2D eigenvalue weighted by Gasteiger charge is -2.18. The van der Waals surface area contributed by atoms with Crippen molar-refractivity contribution in [3.05, 3.63) is 47.8 Å². The SMILES string of the molecule is Cc1ccnc([C@@H](NC(=O)Nc2ccc3c(c2)nnn3C)C2CC2)c1. The summed E-state index contributed by atoms with van der Waals surface area (Å²) in [5.41, 5.74) is 4.43. The van der Waals surface area contributed by atoms with Gasteiger partial charge in [0.15, 0.2) is 0 Å². The highest BCUT2D eigenvalue weighted by Crippen LogP contribution is 2.40. The van der Waals surface area contributed by atoms with Gasteiger partial charge < -0.3 is 10.6 Å². The number of nitrogens with zero attached hydrogens (tertiary/aromatic N) is 4. The van der Waals surface area contributed by atoms with E-state index in [0.717, 1.165) is 35.1 Å². The number of amides is 2. The van der Waals surface area contributed by atoms with Gasteiger partial charge in [-0.3, -0.25) is 4.98 Å². The molecule has 0 saturated heterocycles. The smallest absolute Gasteiger partial charge is 0.319 e. The minimum Gasteiger partial charge on any atom is -0.329 e. The van der Waals surface area contributed by atoms with Gasteiger partial charge in [-0.25, -0.2) is 9.48 Å². The number of pyridine rings is 1. The largest absolute Gasteiger partial charge is 0.329 e. The molecule has 1 fully saturated rings. The second-order valence-corrected chi connectivity index (χ2v) is 6.59. The summed E-state index contributed by atoms with van der Waals surface area (Å²) >= 11 is 0. The van der Waals surface area contributed by atoms with Crippen molar-refractivity contribution in [1.82, 2.24) is 25.3 Å². The minimum absolute atomic E-state index is 0.0554. The molecule has 1 aromatic carbocycles. The molecule has 2 aromatic heterocycles. The quantitative estimate of drug-likeness (QED) is 0.767. The molecule has 128 valence electrons. The maximum absolute atomic E-state index is 12.5. The van der Waals surface area contributed by atoms with Gasteiger partial charge in [-0.15, -0.1) is 5.10 Å². The first-order valence-electron chi connectivity index (χ1n) is 8.39. The molecule has 2 N–H and O–H groups in total. The monoisotopic (exact) mass is 336 g/mol. The molecule has 2 amide bonds. The van der Waals surface area contributed by atoms with Crippen molar-refractivity contribution in [3.8, 4) is 0 Å². The van der Waals surface area contributed by atoms with Crippen LogP contribution in [0.2, 0.25) is 0 Å². The van der Waals surface area contributed by atoms with Crippen molar-refractivity contribution >= 4 is 22.8 Å². The fraction of sp³-hybridized carbons (Fsp3) is 0.333. The number of benzene rings is 1. The van der Waals surface area contributed by atoms with Crippen LogP contribution in [0, 0.1) is 12.8 Å². The molecular weight excluding hydrogens is 316 g/mol. The summed E-state index contributed by atoms with van der Waals surface area (Å²) in [5, 5.41) is 14.0. The number of hydrogen-bond donors (Lipinski definition) is 2. The third-order valence-corrected chi connectivity index (χ3v) is 4.50. The zero-order valence-electron chi connectivity index (χ0n) is 14.2. The summed E-state index contributed by atoms with van der Waals surface area (Å²) in [6, 6.07) is 9.27. The highest BCUT2D eigenvalue weighted by molar-refractivity contribution is 5.92. The highest BCUT2D eigenvalue weighted by Gasteiger charge is 2.34. The van der Waals surface area contributed by atoms with Gasteiger partial charge in [-0.1, -0.05) is 5.21 Å². The van der Waals surface area contributed by atoms with Gasteiger partial charge in [0.05, 0.1) is 17.3 Å². The first-order chi connectivity index (χ1) is 12.1.